The normalized spacial score (nSPS) is 20.6. The Hall–Kier alpha value is -1.25. The molecule has 1 aliphatic heterocycles. The molecule has 1 unspecified atom stereocenters. The van der Waals surface area contributed by atoms with Gasteiger partial charge in [-0.2, -0.15) is 0 Å². The van der Waals surface area contributed by atoms with Gasteiger partial charge in [-0.1, -0.05) is 6.92 Å². The Morgan fingerprint density at radius 2 is 2.36 bits per heavy atom. The van der Waals surface area contributed by atoms with Gasteiger partial charge in [-0.15, -0.1) is 0 Å². The van der Waals surface area contributed by atoms with Crippen LogP contribution in [-0.2, 0) is 0 Å². The number of hydrogen-bond donors (Lipinski definition) is 0. The molecule has 14 heavy (non-hydrogen) atoms. The summed E-state index contributed by atoms with van der Waals surface area (Å²) in [5, 5.41) is 0. The highest BCUT2D eigenvalue weighted by molar-refractivity contribution is 5.35. The molecule has 1 atom stereocenters. The van der Waals surface area contributed by atoms with Crippen molar-refractivity contribution in [2.45, 2.75) is 26.3 Å². The van der Waals surface area contributed by atoms with Crippen molar-refractivity contribution in [2.75, 3.05) is 6.54 Å². The summed E-state index contributed by atoms with van der Waals surface area (Å²) in [6.07, 6.45) is 6.90. The zero-order chi connectivity index (χ0) is 10.1. The van der Waals surface area contributed by atoms with Crippen LogP contribution < -0.4 is 0 Å². The van der Waals surface area contributed by atoms with Crippen LogP contribution in [0.4, 0.5) is 0 Å². The van der Waals surface area contributed by atoms with Crippen molar-refractivity contribution in [1.29, 1.82) is 0 Å². The highest BCUT2D eigenvalue weighted by Crippen LogP contribution is 2.28. The van der Waals surface area contributed by atoms with Crippen molar-refractivity contribution < 1.29 is 0 Å². The quantitative estimate of drug-likeness (QED) is 0.713. The first-order chi connectivity index (χ1) is 6.74. The second-order valence-electron chi connectivity index (χ2n) is 3.69. The van der Waals surface area contributed by atoms with Crippen molar-refractivity contribution in [1.82, 2.24) is 14.5 Å². The highest BCUT2D eigenvalue weighted by atomic mass is 15.2. The SMILES string of the molecule is [CH2]CCN1C(C)=Cn2ccnc2C1C. The average Bonchev–Trinajstić information content (AvgIpc) is 2.60. The number of fused-ring (bicyclic) bond motifs is 1. The van der Waals surface area contributed by atoms with E-state index in [0.29, 0.717) is 6.04 Å². The molecule has 2 heterocycles. The van der Waals surface area contributed by atoms with E-state index >= 15 is 0 Å². The first kappa shape index (κ1) is 9.31. The molecule has 1 radical (unpaired) electrons. The van der Waals surface area contributed by atoms with Crippen molar-refractivity contribution >= 4 is 6.20 Å². The molecule has 0 bridgehead atoms. The molecule has 3 nitrogen and oxygen atoms in total. The minimum absolute atomic E-state index is 0.358. The molecule has 0 amide bonds. The standard InChI is InChI=1S/C11H16N3/c1-4-6-14-9(2)8-13-7-5-12-11(13)10(14)3/h5,7-8,10H,1,4,6H2,2-3H3. The van der Waals surface area contributed by atoms with E-state index in [2.05, 4.69) is 41.4 Å². The fourth-order valence-electron chi connectivity index (χ4n) is 2.02. The zero-order valence-electron chi connectivity index (χ0n) is 8.77. The van der Waals surface area contributed by atoms with Gasteiger partial charge in [0.15, 0.2) is 0 Å². The number of imidazole rings is 1. The van der Waals surface area contributed by atoms with Gasteiger partial charge in [0.1, 0.15) is 5.82 Å². The zero-order valence-corrected chi connectivity index (χ0v) is 8.77. The Labute approximate surface area is 85.1 Å². The van der Waals surface area contributed by atoms with Crippen LogP contribution in [0.5, 0.6) is 0 Å². The smallest absolute Gasteiger partial charge is 0.135 e. The van der Waals surface area contributed by atoms with E-state index in [-0.39, 0.29) is 0 Å². The maximum atomic E-state index is 4.36. The predicted octanol–water partition coefficient (Wildman–Crippen LogP) is 2.30. The van der Waals surface area contributed by atoms with Crippen LogP contribution in [0.3, 0.4) is 0 Å². The topological polar surface area (TPSA) is 21.1 Å². The second kappa shape index (κ2) is 3.48. The number of allylic oxidation sites excluding steroid dienone is 1. The van der Waals surface area contributed by atoms with E-state index < -0.39 is 0 Å². The summed E-state index contributed by atoms with van der Waals surface area (Å²) >= 11 is 0. The molecule has 0 saturated heterocycles. The van der Waals surface area contributed by atoms with Crippen LogP contribution in [-0.4, -0.2) is 21.0 Å². The van der Waals surface area contributed by atoms with Crippen LogP contribution in [0.2, 0.25) is 0 Å². The van der Waals surface area contributed by atoms with Crippen molar-refractivity contribution in [2.24, 2.45) is 0 Å². The number of hydrogen-bond acceptors (Lipinski definition) is 2. The van der Waals surface area contributed by atoms with Crippen molar-refractivity contribution in [3.63, 3.8) is 0 Å². The summed E-state index contributed by atoms with van der Waals surface area (Å²) in [5.74, 6) is 1.11. The van der Waals surface area contributed by atoms with Crippen LogP contribution in [0.15, 0.2) is 18.1 Å². The largest absolute Gasteiger partial charge is 0.364 e. The van der Waals surface area contributed by atoms with Crippen LogP contribution >= 0.6 is 0 Å². The Morgan fingerprint density at radius 1 is 1.57 bits per heavy atom. The summed E-state index contributed by atoms with van der Waals surface area (Å²) < 4.78 is 2.10. The average molecular weight is 190 g/mol. The van der Waals surface area contributed by atoms with Crippen LogP contribution in [0, 0.1) is 6.92 Å². The first-order valence-corrected chi connectivity index (χ1v) is 5.01. The predicted molar refractivity (Wildman–Crippen MR) is 57.3 cm³/mol. The van der Waals surface area contributed by atoms with Gasteiger partial charge in [-0.25, -0.2) is 4.98 Å². The van der Waals surface area contributed by atoms with E-state index in [1.165, 1.54) is 5.70 Å². The Kier molecular flexibility index (Phi) is 2.32. The molecule has 2 rings (SSSR count). The monoisotopic (exact) mass is 190 g/mol. The van der Waals surface area contributed by atoms with Crippen molar-refractivity contribution in [3.8, 4) is 0 Å². The molecule has 0 saturated carbocycles. The summed E-state index contributed by atoms with van der Waals surface area (Å²) in [6.45, 7) is 9.21. The van der Waals surface area contributed by atoms with Gasteiger partial charge >= 0.3 is 0 Å². The molecule has 75 valence electrons. The molecule has 0 spiro atoms. The molecule has 1 aromatic rings. The Morgan fingerprint density at radius 3 is 3.07 bits per heavy atom. The molecule has 1 aliphatic rings. The minimum atomic E-state index is 0.358. The molecular weight excluding hydrogens is 174 g/mol. The highest BCUT2D eigenvalue weighted by Gasteiger charge is 2.23. The molecule has 0 aromatic carbocycles. The van der Waals surface area contributed by atoms with E-state index in [1.807, 2.05) is 12.4 Å². The molecule has 3 heteroatoms. The number of rotatable bonds is 2. The number of nitrogens with zero attached hydrogens (tertiary/aromatic N) is 3. The third-order valence-corrected chi connectivity index (χ3v) is 2.72. The van der Waals surface area contributed by atoms with Gasteiger partial charge in [-0.3, -0.25) is 0 Å². The van der Waals surface area contributed by atoms with Gasteiger partial charge in [0, 0.05) is 30.8 Å². The van der Waals surface area contributed by atoms with Crippen molar-refractivity contribution in [3.05, 3.63) is 30.8 Å². The molecule has 0 aliphatic carbocycles. The number of aromatic nitrogens is 2. The minimum Gasteiger partial charge on any atom is -0.364 e. The summed E-state index contributed by atoms with van der Waals surface area (Å²) in [5.41, 5.74) is 1.28. The van der Waals surface area contributed by atoms with Crippen LogP contribution in [0.1, 0.15) is 32.1 Å². The van der Waals surface area contributed by atoms with Crippen LogP contribution in [0.25, 0.3) is 6.20 Å². The Bertz CT molecular complexity index is 351. The maximum absolute atomic E-state index is 4.36. The van der Waals surface area contributed by atoms with Gasteiger partial charge in [0.25, 0.3) is 0 Å². The summed E-state index contributed by atoms with van der Waals surface area (Å²) in [4.78, 5) is 6.70. The lowest BCUT2D eigenvalue weighted by molar-refractivity contribution is 0.258. The van der Waals surface area contributed by atoms with Gasteiger partial charge < -0.3 is 9.47 Å². The summed E-state index contributed by atoms with van der Waals surface area (Å²) in [7, 11) is 0. The third-order valence-electron chi connectivity index (χ3n) is 2.72. The second-order valence-corrected chi connectivity index (χ2v) is 3.69. The molecular formula is C11H16N3. The molecule has 1 aromatic heterocycles. The molecule has 0 fully saturated rings. The lowest BCUT2D eigenvalue weighted by Gasteiger charge is -2.34. The first-order valence-electron chi connectivity index (χ1n) is 5.01. The Balaban J connectivity index is 2.35. The van der Waals surface area contributed by atoms with Gasteiger partial charge in [0.2, 0.25) is 0 Å². The third kappa shape index (κ3) is 1.33. The van der Waals surface area contributed by atoms with Gasteiger partial charge in [0.05, 0.1) is 6.04 Å². The van der Waals surface area contributed by atoms with Gasteiger partial charge in [-0.05, 0) is 20.3 Å². The van der Waals surface area contributed by atoms with E-state index in [0.717, 1.165) is 18.8 Å². The fourth-order valence-corrected chi connectivity index (χ4v) is 2.02. The maximum Gasteiger partial charge on any atom is 0.135 e. The van der Waals surface area contributed by atoms with E-state index in [1.54, 1.807) is 0 Å². The summed E-state index contributed by atoms with van der Waals surface area (Å²) in [6, 6.07) is 0.358. The van der Waals surface area contributed by atoms with E-state index in [4.69, 9.17) is 0 Å². The molecule has 0 N–H and O–H groups in total. The fraction of sp³-hybridized carbons (Fsp3) is 0.455. The lowest BCUT2D eigenvalue weighted by atomic mass is 10.2. The van der Waals surface area contributed by atoms with E-state index in [9.17, 15) is 0 Å². The lowest BCUT2D eigenvalue weighted by Crippen LogP contribution is -2.31.